The molecule has 5 heteroatoms. The van der Waals surface area contributed by atoms with Gasteiger partial charge in [0.25, 0.3) is 0 Å². The van der Waals surface area contributed by atoms with E-state index in [4.69, 9.17) is 5.73 Å². The Hall–Kier alpha value is -1.36. The maximum absolute atomic E-state index is 12.4. The highest BCUT2D eigenvalue weighted by atomic mass is 16.3. The van der Waals surface area contributed by atoms with Crippen molar-refractivity contribution in [2.75, 3.05) is 0 Å². The molecule has 4 N–H and O–H groups in total. The molecule has 4 rings (SSSR count). The Labute approximate surface area is 219 Å². The zero-order valence-corrected chi connectivity index (χ0v) is 23.6. The molecule has 3 saturated carbocycles. The lowest BCUT2D eigenvalue weighted by atomic mass is 9.47. The van der Waals surface area contributed by atoms with Gasteiger partial charge in [-0.15, -0.1) is 0 Å². The van der Waals surface area contributed by atoms with E-state index in [-0.39, 0.29) is 29.7 Å². The minimum absolute atomic E-state index is 0.0586. The number of nitrogens with two attached hydrogens (primary N) is 1. The van der Waals surface area contributed by atoms with Gasteiger partial charge in [0.2, 0.25) is 11.8 Å². The number of nitrogens with one attached hydrogen (secondary N) is 1. The van der Waals surface area contributed by atoms with Crippen LogP contribution in [0.4, 0.5) is 0 Å². The van der Waals surface area contributed by atoms with Gasteiger partial charge in [-0.3, -0.25) is 9.59 Å². The van der Waals surface area contributed by atoms with Gasteiger partial charge in [0.05, 0.1) is 5.60 Å². The Morgan fingerprint density at radius 3 is 2.58 bits per heavy atom. The van der Waals surface area contributed by atoms with Gasteiger partial charge in [0, 0.05) is 18.9 Å². The average molecular weight is 501 g/mol. The number of hydrogen-bond donors (Lipinski definition) is 3. The minimum atomic E-state index is -0.564. The lowest BCUT2D eigenvalue weighted by Gasteiger charge is -2.58. The monoisotopic (exact) mass is 500 g/mol. The number of amides is 2. The second-order valence-corrected chi connectivity index (χ2v) is 14.1. The number of rotatable bonds is 9. The van der Waals surface area contributed by atoms with E-state index in [1.807, 2.05) is 13.8 Å². The summed E-state index contributed by atoms with van der Waals surface area (Å²) in [4.78, 5) is 23.4. The van der Waals surface area contributed by atoms with Gasteiger partial charge >= 0.3 is 0 Å². The molecule has 5 nitrogen and oxygen atoms in total. The summed E-state index contributed by atoms with van der Waals surface area (Å²) in [6.07, 6.45) is 15.6. The fraction of sp³-hybridized carbons (Fsp3) is 0.871. The van der Waals surface area contributed by atoms with Gasteiger partial charge in [0.15, 0.2) is 0 Å². The largest absolute Gasteiger partial charge is 0.390 e. The van der Waals surface area contributed by atoms with Crippen LogP contribution in [0.5, 0.6) is 0 Å². The number of aliphatic hydroxyl groups is 1. The van der Waals surface area contributed by atoms with Crippen LogP contribution >= 0.6 is 0 Å². The summed E-state index contributed by atoms with van der Waals surface area (Å²) in [5.41, 5.74) is 6.96. The van der Waals surface area contributed by atoms with Crippen molar-refractivity contribution in [1.82, 2.24) is 5.32 Å². The number of carbonyl (C=O) groups is 2. The van der Waals surface area contributed by atoms with Crippen molar-refractivity contribution in [2.24, 2.45) is 46.2 Å². The molecule has 204 valence electrons. The van der Waals surface area contributed by atoms with E-state index in [0.717, 1.165) is 49.4 Å². The maximum atomic E-state index is 12.4. The molecule has 0 aromatic rings. The fourth-order valence-electron chi connectivity index (χ4n) is 9.26. The third kappa shape index (κ3) is 5.56. The van der Waals surface area contributed by atoms with Crippen LogP contribution in [0.3, 0.4) is 0 Å². The topological polar surface area (TPSA) is 92.4 Å². The summed E-state index contributed by atoms with van der Waals surface area (Å²) in [6.45, 7) is 11.5. The average Bonchev–Trinajstić information content (AvgIpc) is 3.14. The quantitative estimate of drug-likeness (QED) is 0.345. The summed E-state index contributed by atoms with van der Waals surface area (Å²) in [6, 6.07) is 0.225. The van der Waals surface area contributed by atoms with Crippen LogP contribution in [0.2, 0.25) is 0 Å². The number of primary amides is 1. The number of carbonyl (C=O) groups excluding carboxylic acids is 2. The van der Waals surface area contributed by atoms with E-state index < -0.39 is 5.60 Å². The molecule has 0 radical (unpaired) electrons. The van der Waals surface area contributed by atoms with Crippen LogP contribution in [0.15, 0.2) is 11.6 Å². The van der Waals surface area contributed by atoms with Crippen molar-refractivity contribution >= 4 is 11.8 Å². The van der Waals surface area contributed by atoms with Crippen molar-refractivity contribution in [3.05, 3.63) is 11.6 Å². The van der Waals surface area contributed by atoms with Crippen LogP contribution in [-0.4, -0.2) is 28.6 Å². The SMILES string of the molecule is CC(CCC(C)(C)O)[C@H]1CCC2C3CC=C4C[C@@H](NC(=O)CCCC(N)=O)CC[C@]4(C)C3CC[C@@]21C. The van der Waals surface area contributed by atoms with Crippen LogP contribution in [0, 0.1) is 40.4 Å². The molecule has 0 heterocycles. The second kappa shape index (κ2) is 10.4. The first-order valence-electron chi connectivity index (χ1n) is 14.8. The lowest BCUT2D eigenvalue weighted by molar-refractivity contribution is -0.122. The predicted octanol–water partition coefficient (Wildman–Crippen LogP) is 5.89. The van der Waals surface area contributed by atoms with Crippen molar-refractivity contribution < 1.29 is 14.7 Å². The number of allylic oxidation sites excluding steroid dienone is 1. The maximum Gasteiger partial charge on any atom is 0.220 e. The minimum Gasteiger partial charge on any atom is -0.390 e. The van der Waals surface area contributed by atoms with Crippen molar-refractivity contribution in [2.45, 2.75) is 130 Å². The highest BCUT2D eigenvalue weighted by molar-refractivity contribution is 5.78. The summed E-state index contributed by atoms with van der Waals surface area (Å²) < 4.78 is 0. The molecule has 4 unspecified atom stereocenters. The summed E-state index contributed by atoms with van der Waals surface area (Å²) in [5, 5.41) is 13.5. The molecule has 0 saturated heterocycles. The molecule has 2 amide bonds. The van der Waals surface area contributed by atoms with Gasteiger partial charge in [0.1, 0.15) is 0 Å². The first-order chi connectivity index (χ1) is 16.8. The molecule has 8 atom stereocenters. The zero-order chi connectivity index (χ0) is 26.3. The first-order valence-corrected chi connectivity index (χ1v) is 14.8. The molecule has 0 aliphatic heterocycles. The molecule has 0 aromatic heterocycles. The third-order valence-electron chi connectivity index (χ3n) is 11.3. The molecule has 0 aromatic carbocycles. The van der Waals surface area contributed by atoms with Crippen molar-refractivity contribution in [1.29, 1.82) is 0 Å². The Morgan fingerprint density at radius 1 is 1.14 bits per heavy atom. The van der Waals surface area contributed by atoms with Crippen LogP contribution in [0.1, 0.15) is 118 Å². The normalized spacial score (nSPS) is 38.8. The highest BCUT2D eigenvalue weighted by Gasteiger charge is 2.59. The third-order valence-corrected chi connectivity index (χ3v) is 11.3. The van der Waals surface area contributed by atoms with Crippen molar-refractivity contribution in [3.63, 3.8) is 0 Å². The smallest absolute Gasteiger partial charge is 0.220 e. The molecule has 4 aliphatic carbocycles. The van der Waals surface area contributed by atoms with E-state index >= 15 is 0 Å². The zero-order valence-electron chi connectivity index (χ0n) is 23.6. The van der Waals surface area contributed by atoms with Crippen LogP contribution in [-0.2, 0) is 9.59 Å². The van der Waals surface area contributed by atoms with Gasteiger partial charge in [-0.2, -0.15) is 0 Å². The van der Waals surface area contributed by atoms with Gasteiger partial charge in [-0.05, 0) is 125 Å². The Kier molecular flexibility index (Phi) is 8.01. The van der Waals surface area contributed by atoms with Crippen molar-refractivity contribution in [3.8, 4) is 0 Å². The number of hydrogen-bond acceptors (Lipinski definition) is 3. The highest BCUT2D eigenvalue weighted by Crippen LogP contribution is 2.67. The standard InChI is InChI=1S/C31H52N2O3/c1-20(13-16-29(2,3)36)24-11-12-25-23-10-9-21-19-22(33-28(35)8-6-7-27(32)34)14-17-30(21,4)26(23)15-18-31(24,25)5/h9,20,22-26,36H,6-8,10-19H2,1-5H3,(H2,32,34)(H,33,35)/t20?,22-,23?,24+,25?,26?,30-,31+/m0/s1. The Balaban J connectivity index is 1.39. The van der Waals surface area contributed by atoms with Crippen LogP contribution < -0.4 is 11.1 Å². The van der Waals surface area contributed by atoms with E-state index in [9.17, 15) is 14.7 Å². The molecule has 3 fully saturated rings. The fourth-order valence-corrected chi connectivity index (χ4v) is 9.26. The molecule has 36 heavy (non-hydrogen) atoms. The summed E-state index contributed by atoms with van der Waals surface area (Å²) >= 11 is 0. The molecule has 0 bridgehead atoms. The van der Waals surface area contributed by atoms with Gasteiger partial charge in [-0.25, -0.2) is 0 Å². The lowest BCUT2D eigenvalue weighted by Crippen LogP contribution is -2.52. The van der Waals surface area contributed by atoms with E-state index in [1.54, 1.807) is 5.57 Å². The molecule has 0 spiro atoms. The molecular weight excluding hydrogens is 448 g/mol. The molecular formula is C31H52N2O3. The Bertz CT molecular complexity index is 860. The van der Waals surface area contributed by atoms with Crippen LogP contribution in [0.25, 0.3) is 0 Å². The molecule has 4 aliphatic rings. The summed E-state index contributed by atoms with van der Waals surface area (Å²) in [5.74, 6) is 3.57. The summed E-state index contributed by atoms with van der Waals surface area (Å²) in [7, 11) is 0. The first kappa shape index (κ1) is 27.7. The van der Waals surface area contributed by atoms with E-state index in [1.165, 1.54) is 38.5 Å². The Morgan fingerprint density at radius 2 is 1.89 bits per heavy atom. The van der Waals surface area contributed by atoms with E-state index in [2.05, 4.69) is 32.2 Å². The predicted molar refractivity (Wildman–Crippen MR) is 145 cm³/mol. The van der Waals surface area contributed by atoms with Gasteiger partial charge in [-0.1, -0.05) is 32.4 Å². The van der Waals surface area contributed by atoms with E-state index in [0.29, 0.717) is 24.2 Å². The second-order valence-electron chi connectivity index (χ2n) is 14.1. The van der Waals surface area contributed by atoms with Gasteiger partial charge < -0.3 is 16.2 Å². The number of fused-ring (bicyclic) bond motifs is 5.